The largest absolute Gasteiger partial charge is 0.417 e. The molecule has 0 fully saturated rings. The average Bonchev–Trinajstić information content (AvgIpc) is 2.15. The van der Waals surface area contributed by atoms with E-state index in [1.807, 2.05) is 0 Å². The molecule has 0 aromatic carbocycles. The summed E-state index contributed by atoms with van der Waals surface area (Å²) in [6.07, 6.45) is 1.57. The van der Waals surface area contributed by atoms with Gasteiger partial charge in [-0.25, -0.2) is 0 Å². The zero-order chi connectivity index (χ0) is 10.8. The fraction of sp³-hybridized carbons (Fsp3) is 0.300. The van der Waals surface area contributed by atoms with Crippen LogP contribution >= 0.6 is 0 Å². The van der Waals surface area contributed by atoms with Gasteiger partial charge in [0, 0.05) is 6.20 Å². The van der Waals surface area contributed by atoms with Gasteiger partial charge in [-0.3, -0.25) is 4.98 Å². The van der Waals surface area contributed by atoms with Crippen LogP contribution in [-0.4, -0.2) is 4.98 Å². The second-order valence-electron chi connectivity index (χ2n) is 2.86. The van der Waals surface area contributed by atoms with Gasteiger partial charge in [0.1, 0.15) is 0 Å². The minimum atomic E-state index is -4.34. The number of hydrogen-bond acceptors (Lipinski definition) is 1. The van der Waals surface area contributed by atoms with Crippen molar-refractivity contribution >= 4 is 0 Å². The van der Waals surface area contributed by atoms with Crippen molar-refractivity contribution in [1.29, 1.82) is 0 Å². The van der Waals surface area contributed by atoms with Crippen LogP contribution in [0.5, 0.6) is 0 Å². The van der Waals surface area contributed by atoms with Gasteiger partial charge >= 0.3 is 6.18 Å². The lowest BCUT2D eigenvalue weighted by atomic mass is 10.1. The maximum absolute atomic E-state index is 12.1. The van der Waals surface area contributed by atoms with Gasteiger partial charge in [-0.1, -0.05) is 5.92 Å². The fourth-order valence-electron chi connectivity index (χ4n) is 0.915. The Hall–Kier alpha value is -1.50. The van der Waals surface area contributed by atoms with E-state index in [4.69, 9.17) is 6.42 Å². The number of halogens is 3. The second kappa shape index (κ2) is 3.70. The summed E-state index contributed by atoms with van der Waals surface area (Å²) in [5.74, 6) is 2.13. The van der Waals surface area contributed by atoms with Gasteiger partial charge in [-0.2, -0.15) is 13.2 Å². The van der Waals surface area contributed by atoms with Gasteiger partial charge in [-0.05, 0) is 19.1 Å². The molecule has 0 aliphatic rings. The smallest absolute Gasteiger partial charge is 0.259 e. The van der Waals surface area contributed by atoms with Crippen LogP contribution in [0.4, 0.5) is 13.2 Å². The molecule has 0 N–H and O–H groups in total. The van der Waals surface area contributed by atoms with Crippen molar-refractivity contribution in [2.75, 3.05) is 0 Å². The van der Waals surface area contributed by atoms with E-state index in [2.05, 4.69) is 10.9 Å². The number of aromatic nitrogens is 1. The molecule has 1 aromatic heterocycles. The monoisotopic (exact) mass is 199 g/mol. The minimum absolute atomic E-state index is 0.266. The highest BCUT2D eigenvalue weighted by atomic mass is 19.4. The highest BCUT2D eigenvalue weighted by Crippen LogP contribution is 2.28. The van der Waals surface area contributed by atoms with Crippen LogP contribution in [0.15, 0.2) is 18.3 Å². The Morgan fingerprint density at radius 3 is 2.43 bits per heavy atom. The predicted molar refractivity (Wildman–Crippen MR) is 46.5 cm³/mol. The van der Waals surface area contributed by atoms with Crippen LogP contribution in [0.1, 0.15) is 24.1 Å². The fourth-order valence-corrected chi connectivity index (χ4v) is 0.915. The van der Waals surface area contributed by atoms with Crippen molar-refractivity contribution < 1.29 is 13.2 Å². The second-order valence-corrected chi connectivity index (χ2v) is 2.86. The van der Waals surface area contributed by atoms with Crippen molar-refractivity contribution in [1.82, 2.24) is 4.98 Å². The first-order chi connectivity index (χ1) is 6.45. The zero-order valence-electron chi connectivity index (χ0n) is 7.47. The summed E-state index contributed by atoms with van der Waals surface area (Å²) in [5.41, 5.74) is -0.286. The van der Waals surface area contributed by atoms with Crippen molar-refractivity contribution in [3.8, 4) is 12.3 Å². The van der Waals surface area contributed by atoms with E-state index in [1.54, 1.807) is 6.92 Å². The molecule has 14 heavy (non-hydrogen) atoms. The minimum Gasteiger partial charge on any atom is -0.259 e. The van der Waals surface area contributed by atoms with E-state index in [1.165, 1.54) is 6.07 Å². The van der Waals surface area contributed by atoms with Crippen molar-refractivity contribution in [2.45, 2.75) is 19.0 Å². The summed E-state index contributed by atoms with van der Waals surface area (Å²) >= 11 is 0. The molecule has 0 aliphatic carbocycles. The van der Waals surface area contributed by atoms with Crippen LogP contribution in [0.2, 0.25) is 0 Å². The maximum Gasteiger partial charge on any atom is 0.417 e. The highest BCUT2D eigenvalue weighted by molar-refractivity contribution is 5.22. The molecule has 1 nitrogen and oxygen atoms in total. The topological polar surface area (TPSA) is 12.9 Å². The van der Waals surface area contributed by atoms with Crippen LogP contribution in [-0.2, 0) is 6.18 Å². The van der Waals surface area contributed by atoms with Crippen LogP contribution in [0, 0.1) is 12.3 Å². The number of rotatable bonds is 1. The van der Waals surface area contributed by atoms with Gasteiger partial charge in [0.05, 0.1) is 17.2 Å². The Morgan fingerprint density at radius 2 is 2.07 bits per heavy atom. The standard InChI is InChI=1S/C10H8F3N/c1-3-7(2)9-5-4-8(6-14-9)10(11,12)13/h1,4-7H,2H3. The first-order valence-electron chi connectivity index (χ1n) is 3.94. The molecule has 0 saturated heterocycles. The Balaban J connectivity index is 2.96. The third-order valence-corrected chi connectivity index (χ3v) is 1.81. The lowest BCUT2D eigenvalue weighted by molar-refractivity contribution is -0.137. The molecule has 0 radical (unpaired) electrons. The Labute approximate surface area is 80.0 Å². The molecule has 1 aromatic rings. The maximum atomic E-state index is 12.1. The summed E-state index contributed by atoms with van der Waals surface area (Å²) in [6, 6.07) is 2.28. The van der Waals surface area contributed by atoms with E-state index in [9.17, 15) is 13.2 Å². The Morgan fingerprint density at radius 1 is 1.43 bits per heavy atom. The number of hydrogen-bond donors (Lipinski definition) is 0. The number of nitrogens with zero attached hydrogens (tertiary/aromatic N) is 1. The summed E-state index contributed by atoms with van der Waals surface area (Å²) in [4.78, 5) is 3.65. The molecule has 1 rings (SSSR count). The molecule has 1 heterocycles. The molecule has 0 saturated carbocycles. The number of pyridine rings is 1. The van der Waals surface area contributed by atoms with Crippen LogP contribution in [0.25, 0.3) is 0 Å². The predicted octanol–water partition coefficient (Wildman–Crippen LogP) is 2.84. The van der Waals surface area contributed by atoms with Crippen molar-refractivity contribution in [3.63, 3.8) is 0 Å². The Bertz CT molecular complexity index is 345. The third kappa shape index (κ3) is 2.25. The van der Waals surface area contributed by atoms with Crippen LogP contribution < -0.4 is 0 Å². The molecule has 1 unspecified atom stereocenters. The lowest BCUT2D eigenvalue weighted by Crippen LogP contribution is -2.06. The van der Waals surface area contributed by atoms with E-state index < -0.39 is 11.7 Å². The summed E-state index contributed by atoms with van der Waals surface area (Å²) < 4.78 is 36.4. The average molecular weight is 199 g/mol. The van der Waals surface area contributed by atoms with E-state index in [-0.39, 0.29) is 5.92 Å². The van der Waals surface area contributed by atoms with Gasteiger partial charge in [0.2, 0.25) is 0 Å². The Kier molecular flexibility index (Phi) is 2.80. The molecular weight excluding hydrogens is 191 g/mol. The van der Waals surface area contributed by atoms with Gasteiger partial charge in [-0.15, -0.1) is 6.42 Å². The SMILES string of the molecule is C#CC(C)c1ccc(C(F)(F)F)cn1. The third-order valence-electron chi connectivity index (χ3n) is 1.81. The first-order valence-corrected chi connectivity index (χ1v) is 3.94. The summed E-state index contributed by atoms with van der Waals surface area (Å²) in [5, 5.41) is 0. The molecule has 0 aliphatic heterocycles. The normalized spacial score (nSPS) is 13.4. The quantitative estimate of drug-likeness (QED) is 0.634. The molecule has 74 valence electrons. The summed E-state index contributed by atoms with van der Waals surface area (Å²) in [6.45, 7) is 1.70. The first kappa shape index (κ1) is 10.6. The molecule has 0 amide bonds. The molecule has 0 spiro atoms. The van der Waals surface area contributed by atoms with Crippen LogP contribution in [0.3, 0.4) is 0 Å². The lowest BCUT2D eigenvalue weighted by Gasteiger charge is -2.07. The molecule has 1 atom stereocenters. The zero-order valence-corrected chi connectivity index (χ0v) is 7.47. The molecule has 0 bridgehead atoms. The van der Waals surface area contributed by atoms with E-state index >= 15 is 0 Å². The number of terminal acetylenes is 1. The summed E-state index contributed by atoms with van der Waals surface area (Å²) in [7, 11) is 0. The van der Waals surface area contributed by atoms with Gasteiger partial charge < -0.3 is 0 Å². The van der Waals surface area contributed by atoms with Crippen molar-refractivity contribution in [3.05, 3.63) is 29.6 Å². The molecule has 4 heteroatoms. The van der Waals surface area contributed by atoms with Gasteiger partial charge in [0.25, 0.3) is 0 Å². The van der Waals surface area contributed by atoms with E-state index in [0.717, 1.165) is 12.3 Å². The molecular formula is C10H8F3N. The van der Waals surface area contributed by atoms with E-state index in [0.29, 0.717) is 5.69 Å². The van der Waals surface area contributed by atoms with Crippen molar-refractivity contribution in [2.24, 2.45) is 0 Å². The highest BCUT2D eigenvalue weighted by Gasteiger charge is 2.30. The number of alkyl halides is 3. The van der Waals surface area contributed by atoms with Gasteiger partial charge in [0.15, 0.2) is 0 Å².